The molecule has 2 atom stereocenters. The Labute approximate surface area is 176 Å². The average molecular weight is 423 g/mol. The van der Waals surface area contributed by atoms with Gasteiger partial charge in [0.15, 0.2) is 0 Å². The van der Waals surface area contributed by atoms with E-state index in [1.807, 2.05) is 0 Å². The third-order valence-electron chi connectivity index (χ3n) is 4.53. The van der Waals surface area contributed by atoms with Crippen molar-refractivity contribution in [3.8, 4) is 5.75 Å². The maximum atomic E-state index is 12.7. The lowest BCUT2D eigenvalue weighted by Gasteiger charge is -2.16. The van der Waals surface area contributed by atoms with Crippen molar-refractivity contribution in [2.24, 2.45) is 5.73 Å². The smallest absolute Gasteiger partial charge is 0.323 e. The Kier molecular flexibility index (Phi) is 9.47. The molecule has 2 amide bonds. The molecule has 1 aromatic carbocycles. The zero-order chi connectivity index (χ0) is 21.2. The SMILES string of the molecule is CCCCCCOc1ccc(N2C(=O)C[C@@H](SC[C@@H](N)C(=O)OCC)C2=O)cc1. The van der Waals surface area contributed by atoms with Gasteiger partial charge in [-0.25, -0.2) is 4.90 Å². The summed E-state index contributed by atoms with van der Waals surface area (Å²) in [5, 5.41) is -0.544. The number of carbonyl (C=O) groups excluding carboxylic acids is 3. The summed E-state index contributed by atoms with van der Waals surface area (Å²) in [6.07, 6.45) is 4.62. The minimum Gasteiger partial charge on any atom is -0.494 e. The van der Waals surface area contributed by atoms with E-state index in [4.69, 9.17) is 15.2 Å². The van der Waals surface area contributed by atoms with Crippen molar-refractivity contribution in [3.05, 3.63) is 24.3 Å². The second-order valence-electron chi connectivity index (χ2n) is 6.86. The molecule has 1 saturated heterocycles. The quantitative estimate of drug-likeness (QED) is 0.314. The van der Waals surface area contributed by atoms with Crippen LogP contribution in [-0.2, 0) is 19.1 Å². The van der Waals surface area contributed by atoms with Gasteiger partial charge < -0.3 is 15.2 Å². The summed E-state index contributed by atoms with van der Waals surface area (Å²) in [7, 11) is 0. The Hall–Kier alpha value is -2.06. The average Bonchev–Trinajstić information content (AvgIpc) is 3.00. The van der Waals surface area contributed by atoms with Gasteiger partial charge in [0, 0.05) is 12.2 Å². The highest BCUT2D eigenvalue weighted by molar-refractivity contribution is 8.00. The van der Waals surface area contributed by atoms with Crippen LogP contribution in [0.5, 0.6) is 5.75 Å². The van der Waals surface area contributed by atoms with E-state index < -0.39 is 17.3 Å². The Balaban J connectivity index is 1.88. The molecule has 160 valence electrons. The molecule has 1 aliphatic rings. The van der Waals surface area contributed by atoms with Gasteiger partial charge in [0.1, 0.15) is 11.8 Å². The number of rotatable bonds is 12. The standard InChI is InChI=1S/C21H30N2O5S/c1-3-5-6-7-12-28-16-10-8-15(9-11-16)23-19(24)13-18(20(23)25)29-14-17(22)21(26)27-4-2/h8-11,17-18H,3-7,12-14,22H2,1-2H3/t17-,18-/m1/s1. The highest BCUT2D eigenvalue weighted by Crippen LogP contribution is 2.31. The maximum Gasteiger partial charge on any atom is 0.323 e. The highest BCUT2D eigenvalue weighted by atomic mass is 32.2. The van der Waals surface area contributed by atoms with Crippen LogP contribution < -0.4 is 15.4 Å². The van der Waals surface area contributed by atoms with E-state index in [9.17, 15) is 14.4 Å². The number of anilines is 1. The summed E-state index contributed by atoms with van der Waals surface area (Å²) >= 11 is 1.21. The van der Waals surface area contributed by atoms with Crippen molar-refractivity contribution in [2.45, 2.75) is 57.2 Å². The van der Waals surface area contributed by atoms with Gasteiger partial charge in [-0.05, 0) is 37.6 Å². The zero-order valence-corrected chi connectivity index (χ0v) is 17.9. The Morgan fingerprint density at radius 2 is 1.93 bits per heavy atom. The fraction of sp³-hybridized carbons (Fsp3) is 0.571. The molecule has 0 bridgehead atoms. The predicted molar refractivity (Wildman–Crippen MR) is 114 cm³/mol. The van der Waals surface area contributed by atoms with E-state index in [2.05, 4.69) is 6.92 Å². The second kappa shape index (κ2) is 11.8. The molecule has 1 aromatic rings. The van der Waals surface area contributed by atoms with Crippen LogP contribution in [0, 0.1) is 0 Å². The van der Waals surface area contributed by atoms with Crippen LogP contribution in [0.2, 0.25) is 0 Å². The minimum atomic E-state index is -0.814. The van der Waals surface area contributed by atoms with Crippen LogP contribution in [0.15, 0.2) is 24.3 Å². The summed E-state index contributed by atoms with van der Waals surface area (Å²) in [6, 6.07) is 6.16. The summed E-state index contributed by atoms with van der Waals surface area (Å²) in [4.78, 5) is 37.8. The van der Waals surface area contributed by atoms with E-state index in [0.29, 0.717) is 12.3 Å². The number of carbonyl (C=O) groups is 3. The third-order valence-corrected chi connectivity index (χ3v) is 5.86. The zero-order valence-electron chi connectivity index (χ0n) is 17.1. The monoisotopic (exact) mass is 422 g/mol. The fourth-order valence-electron chi connectivity index (χ4n) is 2.95. The molecular weight excluding hydrogens is 392 g/mol. The Morgan fingerprint density at radius 1 is 1.21 bits per heavy atom. The topological polar surface area (TPSA) is 98.9 Å². The molecule has 1 aliphatic heterocycles. The number of hydrogen-bond acceptors (Lipinski definition) is 7. The summed E-state index contributed by atoms with van der Waals surface area (Å²) in [5.74, 6) is -0.106. The van der Waals surface area contributed by atoms with Gasteiger partial charge >= 0.3 is 5.97 Å². The number of nitrogens with zero attached hydrogens (tertiary/aromatic N) is 1. The van der Waals surface area contributed by atoms with Crippen LogP contribution >= 0.6 is 11.8 Å². The van der Waals surface area contributed by atoms with Crippen molar-refractivity contribution < 1.29 is 23.9 Å². The minimum absolute atomic E-state index is 0.0920. The molecule has 1 fully saturated rings. The van der Waals surface area contributed by atoms with Gasteiger partial charge in [-0.1, -0.05) is 26.2 Å². The van der Waals surface area contributed by atoms with E-state index >= 15 is 0 Å². The van der Waals surface area contributed by atoms with Gasteiger partial charge in [-0.15, -0.1) is 11.8 Å². The fourth-order valence-corrected chi connectivity index (χ4v) is 4.04. The lowest BCUT2D eigenvalue weighted by molar-refractivity contribution is -0.144. The molecule has 8 heteroatoms. The lowest BCUT2D eigenvalue weighted by Crippen LogP contribution is -2.36. The first-order chi connectivity index (χ1) is 14.0. The number of thioether (sulfide) groups is 1. The van der Waals surface area contributed by atoms with Gasteiger partial charge in [-0.2, -0.15) is 0 Å². The summed E-state index contributed by atoms with van der Waals surface area (Å²) in [5.41, 5.74) is 6.30. The first-order valence-electron chi connectivity index (χ1n) is 10.1. The number of esters is 1. The molecule has 0 spiro atoms. The van der Waals surface area contributed by atoms with Crippen LogP contribution in [0.4, 0.5) is 5.69 Å². The third kappa shape index (κ3) is 6.75. The first-order valence-corrected chi connectivity index (χ1v) is 11.2. The molecule has 0 aliphatic carbocycles. The van der Waals surface area contributed by atoms with Crippen molar-refractivity contribution in [3.63, 3.8) is 0 Å². The maximum absolute atomic E-state index is 12.7. The van der Waals surface area contributed by atoms with Crippen molar-refractivity contribution >= 4 is 35.2 Å². The normalized spacial score (nSPS) is 17.5. The number of amides is 2. The number of nitrogens with two attached hydrogens (primary N) is 1. The van der Waals surface area contributed by atoms with Crippen molar-refractivity contribution in [1.29, 1.82) is 0 Å². The number of ether oxygens (including phenoxy) is 2. The first kappa shape index (κ1) is 23.2. The van der Waals surface area contributed by atoms with Gasteiger partial charge in [0.25, 0.3) is 0 Å². The second-order valence-corrected chi connectivity index (χ2v) is 8.09. The molecule has 1 heterocycles. The molecule has 0 aromatic heterocycles. The summed E-state index contributed by atoms with van der Waals surface area (Å²) in [6.45, 7) is 4.78. The molecule has 0 radical (unpaired) electrons. The predicted octanol–water partition coefficient (Wildman–Crippen LogP) is 2.90. The highest BCUT2D eigenvalue weighted by Gasteiger charge is 2.40. The van der Waals surface area contributed by atoms with E-state index in [1.165, 1.54) is 29.5 Å². The molecule has 2 rings (SSSR count). The molecular formula is C21H30N2O5S. The van der Waals surface area contributed by atoms with Gasteiger partial charge in [-0.3, -0.25) is 14.4 Å². The number of hydrogen-bond donors (Lipinski definition) is 1. The van der Waals surface area contributed by atoms with E-state index in [1.54, 1.807) is 31.2 Å². The Morgan fingerprint density at radius 3 is 2.59 bits per heavy atom. The van der Waals surface area contributed by atoms with Crippen LogP contribution in [0.1, 0.15) is 46.0 Å². The molecule has 7 nitrogen and oxygen atoms in total. The molecule has 0 saturated carbocycles. The van der Waals surface area contributed by atoms with Gasteiger partial charge in [0.05, 0.1) is 24.2 Å². The van der Waals surface area contributed by atoms with Crippen LogP contribution in [-0.4, -0.2) is 48.0 Å². The van der Waals surface area contributed by atoms with E-state index in [0.717, 1.165) is 18.6 Å². The van der Waals surface area contributed by atoms with Crippen molar-refractivity contribution in [1.82, 2.24) is 0 Å². The largest absolute Gasteiger partial charge is 0.494 e. The number of benzene rings is 1. The van der Waals surface area contributed by atoms with Gasteiger partial charge in [0.2, 0.25) is 11.8 Å². The number of imide groups is 1. The lowest BCUT2D eigenvalue weighted by atomic mass is 10.2. The molecule has 0 unspecified atom stereocenters. The summed E-state index contributed by atoms with van der Waals surface area (Å²) < 4.78 is 10.6. The van der Waals surface area contributed by atoms with Crippen LogP contribution in [0.25, 0.3) is 0 Å². The number of unbranched alkanes of at least 4 members (excludes halogenated alkanes) is 3. The molecule has 2 N–H and O–H groups in total. The van der Waals surface area contributed by atoms with Crippen molar-refractivity contribution in [2.75, 3.05) is 23.9 Å². The molecule has 29 heavy (non-hydrogen) atoms. The Bertz CT molecular complexity index is 695. The van der Waals surface area contributed by atoms with E-state index in [-0.39, 0.29) is 30.6 Å². The van der Waals surface area contributed by atoms with Crippen LogP contribution in [0.3, 0.4) is 0 Å².